The van der Waals surface area contributed by atoms with Gasteiger partial charge in [-0.25, -0.2) is 0 Å². The predicted octanol–water partition coefficient (Wildman–Crippen LogP) is 3.47. The molecule has 5 nitrogen and oxygen atoms in total. The van der Waals surface area contributed by atoms with Crippen molar-refractivity contribution >= 4 is 6.29 Å². The maximum Gasteiger partial charge on any atom is 0.150 e. The largest absolute Gasteiger partial charge is 0.488 e. The van der Waals surface area contributed by atoms with Gasteiger partial charge in [-0.2, -0.15) is 10.4 Å². The normalized spacial score (nSPS) is 10.1. The molecular formula is C19H15N3O2. The first kappa shape index (κ1) is 15.5. The van der Waals surface area contributed by atoms with Crippen molar-refractivity contribution in [3.05, 3.63) is 72.1 Å². The van der Waals surface area contributed by atoms with Crippen LogP contribution in [0, 0.1) is 11.3 Å². The van der Waals surface area contributed by atoms with Gasteiger partial charge in [0.05, 0.1) is 12.3 Å². The van der Waals surface area contributed by atoms with Crippen LogP contribution in [0.2, 0.25) is 0 Å². The molecule has 0 aliphatic carbocycles. The standard InChI is InChI=1S/C19H15N3O2/c20-8-9-22-12-17(11-21-22)18-10-16(13-23)6-7-19(18)24-14-15-4-2-1-3-5-15/h1-7,10-13H,9,14H2. The molecule has 3 aromatic rings. The molecule has 1 aromatic heterocycles. The minimum Gasteiger partial charge on any atom is -0.488 e. The van der Waals surface area contributed by atoms with Crippen molar-refractivity contribution < 1.29 is 9.53 Å². The topological polar surface area (TPSA) is 67.9 Å². The van der Waals surface area contributed by atoms with E-state index in [9.17, 15) is 4.79 Å². The molecule has 1 heterocycles. The molecule has 0 fully saturated rings. The summed E-state index contributed by atoms with van der Waals surface area (Å²) in [6.45, 7) is 0.605. The fourth-order valence-electron chi connectivity index (χ4n) is 2.37. The van der Waals surface area contributed by atoms with E-state index in [0.717, 1.165) is 23.0 Å². The summed E-state index contributed by atoms with van der Waals surface area (Å²) in [5.74, 6) is 0.668. The van der Waals surface area contributed by atoms with E-state index in [1.165, 1.54) is 0 Å². The van der Waals surface area contributed by atoms with Crippen LogP contribution >= 0.6 is 0 Å². The zero-order chi connectivity index (χ0) is 16.8. The number of carbonyl (C=O) groups excluding carboxylic acids is 1. The summed E-state index contributed by atoms with van der Waals surface area (Å²) in [5.41, 5.74) is 3.20. The number of aldehydes is 1. The van der Waals surface area contributed by atoms with E-state index < -0.39 is 0 Å². The molecule has 0 unspecified atom stereocenters. The molecule has 2 aromatic carbocycles. The van der Waals surface area contributed by atoms with Gasteiger partial charge in [0.15, 0.2) is 0 Å². The first-order valence-electron chi connectivity index (χ1n) is 7.46. The van der Waals surface area contributed by atoms with Gasteiger partial charge < -0.3 is 4.74 Å². The van der Waals surface area contributed by atoms with Crippen LogP contribution in [0.5, 0.6) is 5.75 Å². The number of nitrogens with zero attached hydrogens (tertiary/aromatic N) is 3. The van der Waals surface area contributed by atoms with Gasteiger partial charge in [0.25, 0.3) is 0 Å². The van der Waals surface area contributed by atoms with Gasteiger partial charge in [-0.3, -0.25) is 9.48 Å². The molecule has 0 radical (unpaired) electrons. The maximum atomic E-state index is 11.1. The Labute approximate surface area is 139 Å². The van der Waals surface area contributed by atoms with Crippen molar-refractivity contribution in [3.63, 3.8) is 0 Å². The minimum atomic E-state index is 0.174. The lowest BCUT2D eigenvalue weighted by atomic mass is 10.1. The number of ether oxygens (including phenoxy) is 1. The molecule has 0 atom stereocenters. The Balaban J connectivity index is 1.90. The lowest BCUT2D eigenvalue weighted by Gasteiger charge is -2.11. The van der Waals surface area contributed by atoms with E-state index in [1.54, 1.807) is 35.3 Å². The van der Waals surface area contributed by atoms with Gasteiger partial charge in [-0.15, -0.1) is 0 Å². The fraction of sp³-hybridized carbons (Fsp3) is 0.105. The lowest BCUT2D eigenvalue weighted by Crippen LogP contribution is -1.97. The van der Waals surface area contributed by atoms with Gasteiger partial charge in [0, 0.05) is 22.9 Å². The fourth-order valence-corrected chi connectivity index (χ4v) is 2.37. The predicted molar refractivity (Wildman–Crippen MR) is 89.4 cm³/mol. The van der Waals surface area contributed by atoms with Crippen molar-refractivity contribution in [2.75, 3.05) is 0 Å². The highest BCUT2D eigenvalue weighted by Gasteiger charge is 2.10. The van der Waals surface area contributed by atoms with Gasteiger partial charge in [0.2, 0.25) is 0 Å². The Hall–Kier alpha value is -3.39. The third-order valence-electron chi connectivity index (χ3n) is 3.55. The van der Waals surface area contributed by atoms with Crippen LogP contribution in [0.25, 0.3) is 11.1 Å². The molecule has 0 saturated carbocycles. The minimum absolute atomic E-state index is 0.174. The third-order valence-corrected chi connectivity index (χ3v) is 3.55. The second-order valence-electron chi connectivity index (χ2n) is 5.23. The summed E-state index contributed by atoms with van der Waals surface area (Å²) in [5, 5.41) is 12.9. The zero-order valence-electron chi connectivity index (χ0n) is 12.9. The molecule has 3 rings (SSSR count). The van der Waals surface area contributed by atoms with Crippen molar-refractivity contribution in [2.24, 2.45) is 0 Å². The summed E-state index contributed by atoms with van der Waals surface area (Å²) in [7, 11) is 0. The maximum absolute atomic E-state index is 11.1. The van der Waals surface area contributed by atoms with Crippen molar-refractivity contribution in [2.45, 2.75) is 13.2 Å². The summed E-state index contributed by atoms with van der Waals surface area (Å²) in [6.07, 6.45) is 4.23. The molecule has 0 amide bonds. The highest BCUT2D eigenvalue weighted by Crippen LogP contribution is 2.31. The number of hydrogen-bond acceptors (Lipinski definition) is 4. The smallest absolute Gasteiger partial charge is 0.150 e. The number of hydrogen-bond donors (Lipinski definition) is 0. The van der Waals surface area contributed by atoms with Crippen LogP contribution in [0.3, 0.4) is 0 Å². The number of nitriles is 1. The average Bonchev–Trinajstić information content (AvgIpc) is 3.09. The van der Waals surface area contributed by atoms with Crippen LogP contribution in [0.15, 0.2) is 60.9 Å². The Kier molecular flexibility index (Phi) is 4.68. The van der Waals surface area contributed by atoms with E-state index in [-0.39, 0.29) is 6.54 Å². The molecule has 5 heteroatoms. The third kappa shape index (κ3) is 3.50. The number of benzene rings is 2. The van der Waals surface area contributed by atoms with Gasteiger partial charge in [0.1, 0.15) is 25.2 Å². The Morgan fingerprint density at radius 3 is 2.79 bits per heavy atom. The highest BCUT2D eigenvalue weighted by molar-refractivity contribution is 5.81. The second-order valence-corrected chi connectivity index (χ2v) is 5.23. The van der Waals surface area contributed by atoms with Gasteiger partial charge in [-0.05, 0) is 23.8 Å². The van der Waals surface area contributed by atoms with E-state index in [0.29, 0.717) is 17.9 Å². The van der Waals surface area contributed by atoms with Crippen molar-refractivity contribution in [3.8, 4) is 22.9 Å². The van der Waals surface area contributed by atoms with Crippen LogP contribution in [-0.4, -0.2) is 16.1 Å². The summed E-state index contributed by atoms with van der Waals surface area (Å²) in [6, 6.07) is 17.2. The Morgan fingerprint density at radius 2 is 2.04 bits per heavy atom. The number of aromatic nitrogens is 2. The van der Waals surface area contributed by atoms with Gasteiger partial charge >= 0.3 is 0 Å². The molecular weight excluding hydrogens is 302 g/mol. The monoisotopic (exact) mass is 317 g/mol. The van der Waals surface area contributed by atoms with Gasteiger partial charge in [-0.1, -0.05) is 30.3 Å². The van der Waals surface area contributed by atoms with E-state index in [2.05, 4.69) is 5.10 Å². The number of rotatable bonds is 6. The van der Waals surface area contributed by atoms with Crippen molar-refractivity contribution in [1.82, 2.24) is 9.78 Å². The molecule has 0 bridgehead atoms. The zero-order valence-corrected chi connectivity index (χ0v) is 12.9. The van der Waals surface area contributed by atoms with E-state index in [1.807, 2.05) is 36.4 Å². The molecule has 0 saturated heterocycles. The van der Waals surface area contributed by atoms with Crippen LogP contribution in [0.4, 0.5) is 0 Å². The molecule has 24 heavy (non-hydrogen) atoms. The Morgan fingerprint density at radius 1 is 1.21 bits per heavy atom. The first-order chi connectivity index (χ1) is 11.8. The van der Waals surface area contributed by atoms with Crippen LogP contribution < -0.4 is 4.74 Å². The van der Waals surface area contributed by atoms with E-state index >= 15 is 0 Å². The van der Waals surface area contributed by atoms with Crippen molar-refractivity contribution in [1.29, 1.82) is 5.26 Å². The second kappa shape index (κ2) is 7.25. The number of carbonyl (C=O) groups is 1. The lowest BCUT2D eigenvalue weighted by molar-refractivity contribution is 0.112. The average molecular weight is 317 g/mol. The summed E-state index contributed by atoms with van der Waals surface area (Å²) >= 11 is 0. The van der Waals surface area contributed by atoms with Crippen LogP contribution in [0.1, 0.15) is 15.9 Å². The molecule has 0 N–H and O–H groups in total. The van der Waals surface area contributed by atoms with E-state index in [4.69, 9.17) is 10.00 Å². The summed E-state index contributed by atoms with van der Waals surface area (Å²) in [4.78, 5) is 11.1. The first-order valence-corrected chi connectivity index (χ1v) is 7.46. The molecule has 0 aliphatic rings. The molecule has 0 aliphatic heterocycles. The Bertz CT molecular complexity index is 879. The molecule has 118 valence electrons. The van der Waals surface area contributed by atoms with Crippen LogP contribution in [-0.2, 0) is 13.2 Å². The molecule has 0 spiro atoms. The SMILES string of the molecule is N#CCn1cc(-c2cc(C=O)ccc2OCc2ccccc2)cn1. The summed E-state index contributed by atoms with van der Waals surface area (Å²) < 4.78 is 7.47. The highest BCUT2D eigenvalue weighted by atomic mass is 16.5. The quantitative estimate of drug-likeness (QED) is 0.653.